The Hall–Kier alpha value is -3.94. The molecule has 148 valence electrons. The maximum atomic E-state index is 13.5. The normalized spacial score (nSPS) is 12.7. The number of halogens is 2. The van der Waals surface area contributed by atoms with Crippen LogP contribution in [0.1, 0.15) is 27.3 Å². The monoisotopic (exact) mass is 405 g/mol. The van der Waals surface area contributed by atoms with Crippen LogP contribution in [-0.4, -0.2) is 20.7 Å². The standard InChI is InChI=1S/C22H13F2N3O3/c23-17-5-12-1-2-13(27-19(12)7-18(17)24)9-29-14-3-4-21-15(6-14)22(28)16-8-25-11-26-20(16)10-30-21/h1-8,11H,9-10H2. The Balaban J connectivity index is 1.40. The van der Waals surface area contributed by atoms with E-state index in [1.54, 1.807) is 30.3 Å². The molecule has 30 heavy (non-hydrogen) atoms. The molecule has 0 amide bonds. The average molecular weight is 405 g/mol. The second-order valence-electron chi connectivity index (χ2n) is 6.71. The third kappa shape index (κ3) is 3.22. The molecule has 2 aromatic heterocycles. The van der Waals surface area contributed by atoms with Crippen LogP contribution >= 0.6 is 0 Å². The Labute approximate surface area is 169 Å². The summed E-state index contributed by atoms with van der Waals surface area (Å²) >= 11 is 0. The summed E-state index contributed by atoms with van der Waals surface area (Å²) in [5.74, 6) is -1.24. The lowest BCUT2D eigenvalue weighted by atomic mass is 10.0. The van der Waals surface area contributed by atoms with Crippen molar-refractivity contribution in [1.29, 1.82) is 0 Å². The van der Waals surface area contributed by atoms with Crippen LogP contribution in [0.15, 0.2) is 55.0 Å². The van der Waals surface area contributed by atoms with Crippen LogP contribution in [0.4, 0.5) is 8.78 Å². The van der Waals surface area contributed by atoms with E-state index in [1.807, 2.05) is 0 Å². The molecule has 8 heteroatoms. The third-order valence-corrected chi connectivity index (χ3v) is 4.78. The highest BCUT2D eigenvalue weighted by Crippen LogP contribution is 2.31. The molecule has 6 nitrogen and oxygen atoms in total. The minimum Gasteiger partial charge on any atom is -0.487 e. The number of nitrogens with zero attached hydrogens (tertiary/aromatic N) is 3. The summed E-state index contributed by atoms with van der Waals surface area (Å²) in [5, 5.41) is 0.492. The number of carbonyl (C=O) groups is 1. The van der Waals surface area contributed by atoms with Crippen molar-refractivity contribution >= 4 is 16.7 Å². The first-order chi connectivity index (χ1) is 14.6. The number of ether oxygens (including phenoxy) is 2. The van der Waals surface area contributed by atoms with Crippen molar-refractivity contribution in [3.05, 3.63) is 89.1 Å². The van der Waals surface area contributed by atoms with Crippen molar-refractivity contribution in [1.82, 2.24) is 15.0 Å². The number of rotatable bonds is 3. The van der Waals surface area contributed by atoms with Gasteiger partial charge in [-0.05, 0) is 30.3 Å². The zero-order valence-electron chi connectivity index (χ0n) is 15.4. The Morgan fingerprint density at radius 3 is 2.80 bits per heavy atom. The van der Waals surface area contributed by atoms with Crippen LogP contribution in [0.25, 0.3) is 10.9 Å². The van der Waals surface area contributed by atoms with Gasteiger partial charge >= 0.3 is 0 Å². The van der Waals surface area contributed by atoms with Gasteiger partial charge in [-0.25, -0.2) is 23.7 Å². The van der Waals surface area contributed by atoms with Crippen LogP contribution < -0.4 is 9.47 Å². The Morgan fingerprint density at radius 2 is 1.90 bits per heavy atom. The molecule has 3 heterocycles. The molecule has 0 radical (unpaired) electrons. The van der Waals surface area contributed by atoms with Crippen LogP contribution in [0.3, 0.4) is 0 Å². The van der Waals surface area contributed by atoms with E-state index in [0.29, 0.717) is 44.9 Å². The van der Waals surface area contributed by atoms with E-state index in [9.17, 15) is 13.6 Å². The van der Waals surface area contributed by atoms with Gasteiger partial charge in [0.15, 0.2) is 17.4 Å². The number of hydrogen-bond acceptors (Lipinski definition) is 6. The molecule has 0 spiro atoms. The highest BCUT2D eigenvalue weighted by molar-refractivity contribution is 6.11. The maximum Gasteiger partial charge on any atom is 0.200 e. The molecule has 4 aromatic rings. The number of pyridine rings is 1. The van der Waals surface area contributed by atoms with E-state index in [-0.39, 0.29) is 19.0 Å². The summed E-state index contributed by atoms with van der Waals surface area (Å²) in [6.07, 6.45) is 2.84. The minimum atomic E-state index is -0.957. The number of carbonyl (C=O) groups excluding carboxylic acids is 1. The summed E-state index contributed by atoms with van der Waals surface area (Å²) < 4.78 is 38.3. The molecule has 0 saturated heterocycles. The topological polar surface area (TPSA) is 74.2 Å². The Morgan fingerprint density at radius 1 is 1.03 bits per heavy atom. The molecule has 5 rings (SSSR count). The van der Waals surface area contributed by atoms with E-state index >= 15 is 0 Å². The fraction of sp³-hybridized carbons (Fsp3) is 0.0909. The first-order valence-corrected chi connectivity index (χ1v) is 9.06. The van der Waals surface area contributed by atoms with Crippen LogP contribution in [0, 0.1) is 11.6 Å². The highest BCUT2D eigenvalue weighted by atomic mass is 19.2. The zero-order valence-corrected chi connectivity index (χ0v) is 15.4. The Kier molecular flexibility index (Phi) is 4.31. The van der Waals surface area contributed by atoms with Gasteiger partial charge in [0.05, 0.1) is 28.0 Å². The van der Waals surface area contributed by atoms with Crippen LogP contribution in [-0.2, 0) is 13.2 Å². The van der Waals surface area contributed by atoms with Gasteiger partial charge in [-0.15, -0.1) is 0 Å². The van der Waals surface area contributed by atoms with Gasteiger partial charge < -0.3 is 9.47 Å². The largest absolute Gasteiger partial charge is 0.487 e. The molecule has 0 aliphatic carbocycles. The predicted molar refractivity (Wildman–Crippen MR) is 102 cm³/mol. The number of benzene rings is 2. The summed E-state index contributed by atoms with van der Waals surface area (Å²) in [7, 11) is 0. The molecule has 1 aliphatic rings. The molecule has 0 atom stereocenters. The number of fused-ring (bicyclic) bond motifs is 3. The van der Waals surface area contributed by atoms with Crippen molar-refractivity contribution in [3.8, 4) is 11.5 Å². The van der Waals surface area contributed by atoms with Gasteiger partial charge in [-0.2, -0.15) is 0 Å². The second-order valence-corrected chi connectivity index (χ2v) is 6.71. The van der Waals surface area contributed by atoms with Crippen LogP contribution in [0.5, 0.6) is 11.5 Å². The quantitative estimate of drug-likeness (QED) is 0.513. The summed E-state index contributed by atoms with van der Waals surface area (Å²) in [6.45, 7) is 0.261. The third-order valence-electron chi connectivity index (χ3n) is 4.78. The minimum absolute atomic E-state index is 0.0858. The smallest absolute Gasteiger partial charge is 0.200 e. The fourth-order valence-corrected chi connectivity index (χ4v) is 3.25. The fourth-order valence-electron chi connectivity index (χ4n) is 3.25. The summed E-state index contributed by atoms with van der Waals surface area (Å²) in [4.78, 5) is 25.2. The Bertz CT molecular complexity index is 1310. The van der Waals surface area contributed by atoms with Gasteiger partial charge in [-0.1, -0.05) is 6.07 Å². The van der Waals surface area contributed by atoms with E-state index in [1.165, 1.54) is 12.5 Å². The zero-order chi connectivity index (χ0) is 20.7. The molecule has 2 aromatic carbocycles. The lowest BCUT2D eigenvalue weighted by Gasteiger charge is -2.10. The molecular weight excluding hydrogens is 392 g/mol. The molecule has 0 saturated carbocycles. The van der Waals surface area contributed by atoms with E-state index < -0.39 is 11.6 Å². The molecule has 0 fully saturated rings. The summed E-state index contributed by atoms with van der Waals surface area (Å²) in [6, 6.07) is 10.4. The lowest BCUT2D eigenvalue weighted by molar-refractivity contribution is 0.103. The van der Waals surface area contributed by atoms with Crippen molar-refractivity contribution in [2.45, 2.75) is 13.2 Å². The van der Waals surface area contributed by atoms with Gasteiger partial charge in [0.2, 0.25) is 0 Å². The van der Waals surface area contributed by atoms with Gasteiger partial charge in [0, 0.05) is 17.6 Å². The molecule has 0 unspecified atom stereocenters. The highest BCUT2D eigenvalue weighted by Gasteiger charge is 2.24. The first-order valence-electron chi connectivity index (χ1n) is 9.06. The van der Waals surface area contributed by atoms with Crippen molar-refractivity contribution in [2.75, 3.05) is 0 Å². The van der Waals surface area contributed by atoms with Crippen molar-refractivity contribution < 1.29 is 23.0 Å². The van der Waals surface area contributed by atoms with Crippen LogP contribution in [0.2, 0.25) is 0 Å². The molecule has 1 aliphatic heterocycles. The SMILES string of the molecule is O=C1c2cc(OCc3ccc4cc(F)c(F)cc4n3)ccc2OCc2ncncc21. The predicted octanol–water partition coefficient (Wildman–Crippen LogP) is 4.01. The number of aromatic nitrogens is 3. The molecular formula is C22H13F2N3O3. The van der Waals surface area contributed by atoms with Gasteiger partial charge in [-0.3, -0.25) is 4.79 Å². The van der Waals surface area contributed by atoms with E-state index in [0.717, 1.165) is 12.1 Å². The molecule has 0 bridgehead atoms. The van der Waals surface area contributed by atoms with E-state index in [4.69, 9.17) is 9.47 Å². The van der Waals surface area contributed by atoms with Gasteiger partial charge in [0.1, 0.15) is 31.0 Å². The number of ketones is 1. The van der Waals surface area contributed by atoms with Crippen molar-refractivity contribution in [2.24, 2.45) is 0 Å². The van der Waals surface area contributed by atoms with Crippen molar-refractivity contribution in [3.63, 3.8) is 0 Å². The number of hydrogen-bond donors (Lipinski definition) is 0. The second kappa shape index (κ2) is 7.14. The average Bonchev–Trinajstić information content (AvgIpc) is 2.90. The first kappa shape index (κ1) is 18.1. The van der Waals surface area contributed by atoms with Gasteiger partial charge in [0.25, 0.3) is 0 Å². The molecule has 0 N–H and O–H groups in total. The van der Waals surface area contributed by atoms with E-state index in [2.05, 4.69) is 15.0 Å². The lowest BCUT2D eigenvalue weighted by Crippen LogP contribution is -2.06. The summed E-state index contributed by atoms with van der Waals surface area (Å²) in [5.41, 5.74) is 2.13. The maximum absolute atomic E-state index is 13.5.